The molecule has 6 heteroatoms. The van der Waals surface area contributed by atoms with Crippen molar-refractivity contribution in [3.8, 4) is 0 Å². The molecule has 2 rings (SSSR count). The Hall–Kier alpha value is -1.95. The van der Waals surface area contributed by atoms with Crippen LogP contribution in [-0.4, -0.2) is 47.9 Å². The van der Waals surface area contributed by atoms with E-state index in [1.54, 1.807) is 6.07 Å². The van der Waals surface area contributed by atoms with E-state index < -0.39 is 0 Å². The monoisotopic (exact) mass is 279 g/mol. The number of urea groups is 1. The van der Waals surface area contributed by atoms with Crippen molar-refractivity contribution in [1.82, 2.24) is 15.1 Å². The van der Waals surface area contributed by atoms with Crippen LogP contribution in [0.3, 0.4) is 0 Å². The Labute approximate surface area is 117 Å². The number of carbonyl (C=O) groups excluding carboxylic acids is 2. The molecule has 0 aromatic heterocycles. The largest absolute Gasteiger partial charge is 0.336 e. The van der Waals surface area contributed by atoms with E-state index in [0.29, 0.717) is 26.2 Å². The van der Waals surface area contributed by atoms with E-state index in [1.807, 2.05) is 17.9 Å². The molecule has 1 aliphatic heterocycles. The summed E-state index contributed by atoms with van der Waals surface area (Å²) >= 11 is 0. The molecule has 0 radical (unpaired) electrons. The third-order valence-electron chi connectivity index (χ3n) is 3.26. The first kappa shape index (κ1) is 14.5. The van der Waals surface area contributed by atoms with Gasteiger partial charge in [0.2, 0.25) is 5.91 Å². The predicted octanol–water partition coefficient (Wildman–Crippen LogP) is 1.20. The van der Waals surface area contributed by atoms with Crippen molar-refractivity contribution in [1.29, 1.82) is 0 Å². The molecule has 20 heavy (non-hydrogen) atoms. The first-order valence-electron chi connectivity index (χ1n) is 6.65. The van der Waals surface area contributed by atoms with Crippen molar-refractivity contribution >= 4 is 11.9 Å². The minimum atomic E-state index is -0.336. The van der Waals surface area contributed by atoms with Crippen molar-refractivity contribution in [2.45, 2.75) is 13.5 Å². The van der Waals surface area contributed by atoms with Gasteiger partial charge < -0.3 is 5.32 Å². The molecule has 1 fully saturated rings. The lowest BCUT2D eigenvalue weighted by Crippen LogP contribution is -2.41. The van der Waals surface area contributed by atoms with Gasteiger partial charge in [-0.15, -0.1) is 0 Å². The first-order valence-corrected chi connectivity index (χ1v) is 6.65. The van der Waals surface area contributed by atoms with E-state index in [0.717, 1.165) is 5.56 Å². The van der Waals surface area contributed by atoms with Crippen molar-refractivity contribution in [3.63, 3.8) is 0 Å². The number of hydrogen-bond acceptors (Lipinski definition) is 3. The van der Waals surface area contributed by atoms with E-state index in [2.05, 4.69) is 5.32 Å². The zero-order valence-electron chi connectivity index (χ0n) is 11.4. The first-order chi connectivity index (χ1) is 9.60. The Morgan fingerprint density at radius 3 is 2.90 bits per heavy atom. The molecule has 3 amide bonds. The second-order valence-corrected chi connectivity index (χ2v) is 4.71. The topological polar surface area (TPSA) is 52.7 Å². The molecular weight excluding hydrogens is 261 g/mol. The third-order valence-corrected chi connectivity index (χ3v) is 3.26. The van der Waals surface area contributed by atoms with Crippen LogP contribution in [0.25, 0.3) is 0 Å². The second kappa shape index (κ2) is 6.47. The molecule has 1 aliphatic rings. The summed E-state index contributed by atoms with van der Waals surface area (Å²) in [6.45, 7) is 4.13. The van der Waals surface area contributed by atoms with Gasteiger partial charge >= 0.3 is 6.03 Å². The fourth-order valence-corrected chi connectivity index (χ4v) is 2.16. The summed E-state index contributed by atoms with van der Waals surface area (Å²) in [5, 5.41) is 2.60. The summed E-state index contributed by atoms with van der Waals surface area (Å²) in [5.41, 5.74) is 0.811. The molecule has 0 aliphatic carbocycles. The number of halogens is 1. The molecule has 0 atom stereocenters. The predicted molar refractivity (Wildman–Crippen MR) is 72.5 cm³/mol. The van der Waals surface area contributed by atoms with Crippen molar-refractivity contribution in [2.75, 3.05) is 26.2 Å². The number of nitrogens with zero attached hydrogens (tertiary/aromatic N) is 2. The molecule has 5 nitrogen and oxygen atoms in total. The minimum absolute atomic E-state index is 0.153. The summed E-state index contributed by atoms with van der Waals surface area (Å²) in [4.78, 5) is 26.5. The maximum atomic E-state index is 13.1. The molecule has 1 N–H and O–H groups in total. The van der Waals surface area contributed by atoms with Crippen LogP contribution >= 0.6 is 0 Å². The fourth-order valence-electron chi connectivity index (χ4n) is 2.16. The Morgan fingerprint density at radius 2 is 2.30 bits per heavy atom. The number of nitrogens with one attached hydrogen (secondary N) is 1. The molecule has 0 bridgehead atoms. The van der Waals surface area contributed by atoms with Crippen LogP contribution in [0.2, 0.25) is 0 Å². The van der Waals surface area contributed by atoms with Gasteiger partial charge in [0.25, 0.3) is 0 Å². The van der Waals surface area contributed by atoms with Crippen LogP contribution < -0.4 is 5.32 Å². The number of imide groups is 1. The van der Waals surface area contributed by atoms with Crippen LogP contribution in [0.4, 0.5) is 9.18 Å². The van der Waals surface area contributed by atoms with E-state index in [1.165, 1.54) is 17.0 Å². The average molecular weight is 279 g/mol. The third kappa shape index (κ3) is 3.54. The molecule has 0 unspecified atom stereocenters. The number of rotatable bonds is 5. The van der Waals surface area contributed by atoms with Crippen molar-refractivity contribution < 1.29 is 14.0 Å². The Balaban J connectivity index is 1.95. The summed E-state index contributed by atoms with van der Waals surface area (Å²) in [6, 6.07) is 5.97. The number of benzene rings is 1. The van der Waals surface area contributed by atoms with Crippen molar-refractivity contribution in [3.05, 3.63) is 35.6 Å². The summed E-state index contributed by atoms with van der Waals surface area (Å²) in [5.74, 6) is -0.512. The number of likely N-dealkylation sites (N-methyl/N-ethyl adjacent to an activating group) is 1. The van der Waals surface area contributed by atoms with Gasteiger partial charge in [-0.3, -0.25) is 14.6 Å². The van der Waals surface area contributed by atoms with Gasteiger partial charge in [0.15, 0.2) is 0 Å². The van der Waals surface area contributed by atoms with Crippen LogP contribution in [0.15, 0.2) is 24.3 Å². The molecule has 108 valence electrons. The SMILES string of the molecule is CCN(CC(=O)N1CCNC1=O)Cc1cccc(F)c1. The van der Waals surface area contributed by atoms with Crippen molar-refractivity contribution in [2.24, 2.45) is 0 Å². The van der Waals surface area contributed by atoms with Gasteiger partial charge in [-0.05, 0) is 24.2 Å². The maximum absolute atomic E-state index is 13.1. The van der Waals surface area contributed by atoms with E-state index in [-0.39, 0.29) is 24.3 Å². The van der Waals surface area contributed by atoms with Gasteiger partial charge in [0, 0.05) is 19.6 Å². The lowest BCUT2D eigenvalue weighted by Gasteiger charge is -2.22. The van der Waals surface area contributed by atoms with E-state index in [4.69, 9.17) is 0 Å². The molecule has 1 aromatic carbocycles. The highest BCUT2D eigenvalue weighted by Gasteiger charge is 2.26. The maximum Gasteiger partial charge on any atom is 0.324 e. The summed E-state index contributed by atoms with van der Waals surface area (Å²) in [6.07, 6.45) is 0. The summed E-state index contributed by atoms with van der Waals surface area (Å²) in [7, 11) is 0. The van der Waals surface area contributed by atoms with Crippen LogP contribution in [0, 0.1) is 5.82 Å². The molecule has 0 spiro atoms. The van der Waals surface area contributed by atoms with Gasteiger partial charge in [-0.1, -0.05) is 19.1 Å². The van der Waals surface area contributed by atoms with Crippen LogP contribution in [0.1, 0.15) is 12.5 Å². The van der Waals surface area contributed by atoms with Gasteiger partial charge in [-0.25, -0.2) is 9.18 Å². The number of amides is 3. The molecule has 1 saturated heterocycles. The number of hydrogen-bond donors (Lipinski definition) is 1. The molecule has 1 aromatic rings. The lowest BCUT2D eigenvalue weighted by molar-refractivity contribution is -0.128. The standard InChI is InChI=1S/C14H18FN3O2/c1-2-17(9-11-4-3-5-12(15)8-11)10-13(19)18-7-6-16-14(18)20/h3-5,8H,2,6-7,9-10H2,1H3,(H,16,20). The smallest absolute Gasteiger partial charge is 0.324 e. The Bertz CT molecular complexity index is 507. The Morgan fingerprint density at radius 1 is 1.50 bits per heavy atom. The zero-order chi connectivity index (χ0) is 14.5. The summed E-state index contributed by atoms with van der Waals surface area (Å²) < 4.78 is 13.1. The highest BCUT2D eigenvalue weighted by atomic mass is 19.1. The highest BCUT2D eigenvalue weighted by molar-refractivity contribution is 5.96. The lowest BCUT2D eigenvalue weighted by atomic mass is 10.2. The second-order valence-electron chi connectivity index (χ2n) is 4.71. The Kier molecular flexibility index (Phi) is 4.68. The average Bonchev–Trinajstić information content (AvgIpc) is 2.84. The molecule has 1 heterocycles. The van der Waals surface area contributed by atoms with Gasteiger partial charge in [-0.2, -0.15) is 0 Å². The van der Waals surface area contributed by atoms with Gasteiger partial charge in [0.05, 0.1) is 6.54 Å². The zero-order valence-corrected chi connectivity index (χ0v) is 11.4. The van der Waals surface area contributed by atoms with Crippen LogP contribution in [-0.2, 0) is 11.3 Å². The number of carbonyl (C=O) groups is 2. The van der Waals surface area contributed by atoms with Crippen LogP contribution in [0.5, 0.6) is 0 Å². The highest BCUT2D eigenvalue weighted by Crippen LogP contribution is 2.08. The normalized spacial score (nSPS) is 14.8. The quantitative estimate of drug-likeness (QED) is 0.881. The van der Waals surface area contributed by atoms with E-state index >= 15 is 0 Å². The molecular formula is C14H18FN3O2. The van der Waals surface area contributed by atoms with Gasteiger partial charge in [0.1, 0.15) is 5.82 Å². The molecule has 0 saturated carbocycles. The minimum Gasteiger partial charge on any atom is -0.336 e. The fraction of sp³-hybridized carbons (Fsp3) is 0.429. The van der Waals surface area contributed by atoms with E-state index in [9.17, 15) is 14.0 Å².